The van der Waals surface area contributed by atoms with Crippen LogP contribution >= 0.6 is 0 Å². The van der Waals surface area contributed by atoms with Crippen LogP contribution in [0, 0.1) is 0 Å². The molecule has 0 spiro atoms. The van der Waals surface area contributed by atoms with Crippen molar-refractivity contribution in [2.24, 2.45) is 7.05 Å². The predicted octanol–water partition coefficient (Wildman–Crippen LogP) is 1.71. The summed E-state index contributed by atoms with van der Waals surface area (Å²) in [4.78, 5) is 0. The fraction of sp³-hybridized carbons (Fsp3) is 0.556. The molecule has 0 aliphatic carbocycles. The minimum Gasteiger partial charge on any atom is -0.255 e. The molecule has 3 heteroatoms. The first-order valence-electron chi connectivity index (χ1n) is 4.18. The average molecular weight is 165 g/mol. The molecule has 0 fully saturated rings. The van der Waals surface area contributed by atoms with Crippen LogP contribution in [0.25, 0.3) is 0 Å². The van der Waals surface area contributed by atoms with Crippen molar-refractivity contribution in [3.05, 3.63) is 24.0 Å². The largest absolute Gasteiger partial charge is 0.255 e. The van der Waals surface area contributed by atoms with E-state index in [2.05, 4.69) is 23.8 Å². The summed E-state index contributed by atoms with van der Waals surface area (Å²) in [5.41, 5.74) is 2.30. The first-order valence-corrected chi connectivity index (χ1v) is 4.18. The fourth-order valence-corrected chi connectivity index (χ4v) is 1.08. The molecule has 1 rings (SSSR count). The van der Waals surface area contributed by atoms with Crippen LogP contribution in [0.4, 0.5) is 0 Å². The lowest BCUT2D eigenvalue weighted by atomic mass is 10.1. The number of aromatic nitrogens is 3. The molecule has 0 aliphatic rings. The first kappa shape index (κ1) is 8.97. The van der Waals surface area contributed by atoms with Gasteiger partial charge < -0.3 is 0 Å². The molecule has 1 heterocycles. The van der Waals surface area contributed by atoms with Gasteiger partial charge in [-0.05, 0) is 26.2 Å². The summed E-state index contributed by atoms with van der Waals surface area (Å²) < 4.78 is 1.73. The highest BCUT2D eigenvalue weighted by Gasteiger charge is 1.97. The molecule has 66 valence electrons. The summed E-state index contributed by atoms with van der Waals surface area (Å²) in [5.74, 6) is 0. The average Bonchev–Trinajstić information content (AvgIpc) is 2.35. The lowest BCUT2D eigenvalue weighted by Crippen LogP contribution is -1.86. The molecule has 0 amide bonds. The van der Waals surface area contributed by atoms with E-state index >= 15 is 0 Å². The van der Waals surface area contributed by atoms with Crippen LogP contribution in [-0.4, -0.2) is 15.0 Å². The van der Waals surface area contributed by atoms with Gasteiger partial charge in [-0.15, -0.1) is 11.7 Å². The Labute approximate surface area is 73.1 Å². The molecular formula is C9H15N3. The van der Waals surface area contributed by atoms with Gasteiger partial charge in [0.15, 0.2) is 0 Å². The molecule has 0 saturated heterocycles. The minimum absolute atomic E-state index is 1.00. The Morgan fingerprint density at radius 1 is 1.67 bits per heavy atom. The molecule has 12 heavy (non-hydrogen) atoms. The van der Waals surface area contributed by atoms with Crippen LogP contribution in [0.5, 0.6) is 0 Å². The quantitative estimate of drug-likeness (QED) is 0.636. The Morgan fingerprint density at radius 2 is 2.42 bits per heavy atom. The van der Waals surface area contributed by atoms with E-state index in [4.69, 9.17) is 0 Å². The molecule has 1 aromatic heterocycles. The molecule has 0 N–H and O–H groups in total. The van der Waals surface area contributed by atoms with Crippen LogP contribution in [0.15, 0.2) is 18.3 Å². The lowest BCUT2D eigenvalue weighted by Gasteiger charge is -1.95. The number of hydrogen-bond donors (Lipinski definition) is 0. The van der Waals surface area contributed by atoms with Gasteiger partial charge in [-0.2, -0.15) is 0 Å². The predicted molar refractivity (Wildman–Crippen MR) is 48.8 cm³/mol. The van der Waals surface area contributed by atoms with Crippen molar-refractivity contribution in [3.8, 4) is 0 Å². The van der Waals surface area contributed by atoms with E-state index in [1.165, 1.54) is 5.57 Å². The van der Waals surface area contributed by atoms with Gasteiger partial charge in [-0.3, -0.25) is 4.68 Å². The van der Waals surface area contributed by atoms with Gasteiger partial charge in [0.05, 0.1) is 5.69 Å². The maximum Gasteiger partial charge on any atom is 0.0827 e. The van der Waals surface area contributed by atoms with E-state index in [9.17, 15) is 0 Å². The zero-order valence-electron chi connectivity index (χ0n) is 7.75. The molecule has 0 aliphatic heterocycles. The molecule has 0 radical (unpaired) electrons. The second-order valence-corrected chi connectivity index (χ2v) is 3.19. The molecule has 0 atom stereocenters. The standard InChI is InChI=1S/C9H15N3/c1-8(2)5-4-6-9-7-12(3)11-10-9/h7H,1,4-6H2,2-3H3. The maximum absolute atomic E-state index is 4.00. The third-order valence-electron chi connectivity index (χ3n) is 1.69. The summed E-state index contributed by atoms with van der Waals surface area (Å²) >= 11 is 0. The molecular weight excluding hydrogens is 150 g/mol. The lowest BCUT2D eigenvalue weighted by molar-refractivity contribution is 0.711. The van der Waals surface area contributed by atoms with E-state index in [1.54, 1.807) is 4.68 Å². The topological polar surface area (TPSA) is 30.7 Å². The minimum atomic E-state index is 1.00. The Kier molecular flexibility index (Phi) is 3.02. The van der Waals surface area contributed by atoms with E-state index < -0.39 is 0 Å². The third-order valence-corrected chi connectivity index (χ3v) is 1.69. The first-order chi connectivity index (χ1) is 5.68. The van der Waals surface area contributed by atoms with Crippen molar-refractivity contribution in [1.82, 2.24) is 15.0 Å². The zero-order valence-corrected chi connectivity index (χ0v) is 7.75. The Balaban J connectivity index is 2.29. The summed E-state index contributed by atoms with van der Waals surface area (Å²) in [5, 5.41) is 7.85. The Morgan fingerprint density at radius 3 is 2.92 bits per heavy atom. The number of aryl methyl sites for hydroxylation is 2. The van der Waals surface area contributed by atoms with Gasteiger partial charge >= 0.3 is 0 Å². The second-order valence-electron chi connectivity index (χ2n) is 3.19. The van der Waals surface area contributed by atoms with E-state index in [1.807, 2.05) is 13.2 Å². The van der Waals surface area contributed by atoms with E-state index in [0.717, 1.165) is 25.0 Å². The number of hydrogen-bond acceptors (Lipinski definition) is 2. The highest BCUT2D eigenvalue weighted by Crippen LogP contribution is 2.05. The van der Waals surface area contributed by atoms with Crippen LogP contribution in [0.1, 0.15) is 25.5 Å². The van der Waals surface area contributed by atoms with Gasteiger partial charge in [0, 0.05) is 13.2 Å². The summed E-state index contributed by atoms with van der Waals surface area (Å²) in [6.45, 7) is 5.90. The molecule has 1 aromatic rings. The summed E-state index contributed by atoms with van der Waals surface area (Å²) in [7, 11) is 1.88. The van der Waals surface area contributed by atoms with Gasteiger partial charge in [-0.1, -0.05) is 10.8 Å². The van der Waals surface area contributed by atoms with Crippen molar-refractivity contribution < 1.29 is 0 Å². The van der Waals surface area contributed by atoms with Crippen molar-refractivity contribution in [2.75, 3.05) is 0 Å². The van der Waals surface area contributed by atoms with E-state index in [-0.39, 0.29) is 0 Å². The van der Waals surface area contributed by atoms with Crippen molar-refractivity contribution in [3.63, 3.8) is 0 Å². The SMILES string of the molecule is C=C(C)CCCc1cn(C)nn1. The summed E-state index contributed by atoms with van der Waals surface area (Å²) in [6.07, 6.45) is 5.16. The fourth-order valence-electron chi connectivity index (χ4n) is 1.08. The second kappa shape index (κ2) is 4.04. The molecule has 0 bridgehead atoms. The molecule has 3 nitrogen and oxygen atoms in total. The Hall–Kier alpha value is -1.12. The van der Waals surface area contributed by atoms with Gasteiger partial charge in [0.25, 0.3) is 0 Å². The van der Waals surface area contributed by atoms with Crippen LogP contribution in [-0.2, 0) is 13.5 Å². The van der Waals surface area contributed by atoms with Crippen LogP contribution in [0.3, 0.4) is 0 Å². The molecule has 0 saturated carbocycles. The maximum atomic E-state index is 4.00. The van der Waals surface area contributed by atoms with Gasteiger partial charge in [0.2, 0.25) is 0 Å². The normalized spacial score (nSPS) is 10.2. The molecule has 0 unspecified atom stereocenters. The summed E-state index contributed by atoms with van der Waals surface area (Å²) in [6, 6.07) is 0. The smallest absolute Gasteiger partial charge is 0.0827 e. The van der Waals surface area contributed by atoms with Crippen molar-refractivity contribution in [1.29, 1.82) is 0 Å². The number of rotatable bonds is 4. The highest BCUT2D eigenvalue weighted by molar-refractivity contribution is 4.94. The zero-order chi connectivity index (χ0) is 8.97. The Bertz CT molecular complexity index is 262. The third kappa shape index (κ3) is 2.86. The van der Waals surface area contributed by atoms with Crippen molar-refractivity contribution in [2.45, 2.75) is 26.2 Å². The van der Waals surface area contributed by atoms with Crippen LogP contribution < -0.4 is 0 Å². The van der Waals surface area contributed by atoms with Crippen molar-refractivity contribution >= 4 is 0 Å². The monoisotopic (exact) mass is 165 g/mol. The van der Waals surface area contributed by atoms with Gasteiger partial charge in [-0.25, -0.2) is 0 Å². The molecule has 0 aromatic carbocycles. The van der Waals surface area contributed by atoms with Crippen LogP contribution in [0.2, 0.25) is 0 Å². The number of allylic oxidation sites excluding steroid dienone is 1. The van der Waals surface area contributed by atoms with Gasteiger partial charge in [0.1, 0.15) is 0 Å². The number of nitrogens with zero attached hydrogens (tertiary/aromatic N) is 3. The highest BCUT2D eigenvalue weighted by atomic mass is 15.4. The van der Waals surface area contributed by atoms with E-state index in [0.29, 0.717) is 0 Å².